The maximum atomic E-state index is 12.3. The Bertz CT molecular complexity index is 774. The second kappa shape index (κ2) is 26.3. The minimum absolute atomic E-state index is 0.00111. The molecular weight excluding hydrogens is 581 g/mol. The number of esters is 1. The number of Topliss-reactive ketones (excluding diaryl/α,β-unsaturated/α-hetero) is 1. The number of ether oxygens (including phenoxy) is 2. The summed E-state index contributed by atoms with van der Waals surface area (Å²) in [6.45, 7) is 7.07. The van der Waals surface area contributed by atoms with Crippen molar-refractivity contribution in [1.29, 1.82) is 0 Å². The minimum Gasteiger partial charge on any atom is -0.756 e. The lowest BCUT2D eigenvalue weighted by molar-refractivity contribution is -0.897. The molecule has 0 aromatic heterocycles. The zero-order valence-electron chi connectivity index (χ0n) is 28.5. The van der Waals surface area contributed by atoms with Crippen LogP contribution in [0.2, 0.25) is 0 Å². The van der Waals surface area contributed by atoms with Crippen molar-refractivity contribution >= 4 is 19.6 Å². The Hall–Kier alpha value is -0.830. The summed E-state index contributed by atoms with van der Waals surface area (Å²) in [4.78, 5) is 35.6. The highest BCUT2D eigenvalue weighted by Crippen LogP contribution is 2.38. The molecule has 0 amide bonds. The number of rotatable bonds is 31. The molecule has 1 heterocycles. The Morgan fingerprint density at radius 3 is 1.75 bits per heavy atom. The van der Waals surface area contributed by atoms with E-state index in [0.717, 1.165) is 36.7 Å². The Kier molecular flexibility index (Phi) is 24.6. The van der Waals surface area contributed by atoms with E-state index in [9.17, 15) is 19.0 Å². The standard InChI is InChI=1S/C34H66NO8P/c1-4-5-6-7-8-9-10-11-12-13-14-15-16-17-18-22-27-40-30-33(43-34(37)29-32(2)36)31-42-44(38,39)41-28-23-21-26-35(3)24-19-20-25-35/h33H,4-31H2,1-3H3. The lowest BCUT2D eigenvalue weighted by Crippen LogP contribution is -2.41. The molecule has 1 aliphatic heterocycles. The van der Waals surface area contributed by atoms with E-state index >= 15 is 0 Å². The molecule has 1 rings (SSSR count). The number of hydrogen-bond acceptors (Lipinski definition) is 8. The lowest BCUT2D eigenvalue weighted by Gasteiger charge is -2.29. The van der Waals surface area contributed by atoms with Crippen LogP contribution in [-0.4, -0.2) is 75.4 Å². The molecule has 9 nitrogen and oxygen atoms in total. The van der Waals surface area contributed by atoms with E-state index in [1.807, 2.05) is 0 Å². The van der Waals surface area contributed by atoms with Gasteiger partial charge in [-0.1, -0.05) is 103 Å². The molecule has 0 spiro atoms. The number of phosphoric acid groups is 1. The van der Waals surface area contributed by atoms with Gasteiger partial charge in [-0.2, -0.15) is 0 Å². The third-order valence-electron chi connectivity index (χ3n) is 8.54. The van der Waals surface area contributed by atoms with E-state index < -0.39 is 26.5 Å². The van der Waals surface area contributed by atoms with Crippen LogP contribution < -0.4 is 4.89 Å². The first kappa shape index (κ1) is 41.2. The number of nitrogens with zero attached hydrogens (tertiary/aromatic N) is 1. The number of carbonyl (C=O) groups is 2. The van der Waals surface area contributed by atoms with E-state index in [1.165, 1.54) is 116 Å². The average molecular weight is 648 g/mol. The first-order valence-electron chi connectivity index (χ1n) is 17.9. The largest absolute Gasteiger partial charge is 0.756 e. The number of carbonyl (C=O) groups excluding carboxylic acids is 2. The molecule has 0 N–H and O–H groups in total. The van der Waals surface area contributed by atoms with Crippen LogP contribution in [0.1, 0.15) is 149 Å². The van der Waals surface area contributed by atoms with Gasteiger partial charge in [-0.05, 0) is 26.2 Å². The molecular formula is C34H66NO8P. The smallest absolute Gasteiger partial charge is 0.313 e. The predicted octanol–water partition coefficient (Wildman–Crippen LogP) is 7.68. The molecule has 260 valence electrons. The molecule has 0 aromatic rings. The Balaban J connectivity index is 2.13. The van der Waals surface area contributed by atoms with Gasteiger partial charge in [0.25, 0.3) is 7.82 Å². The molecule has 0 bridgehead atoms. The van der Waals surface area contributed by atoms with Gasteiger partial charge in [-0.25, -0.2) is 0 Å². The number of likely N-dealkylation sites (tertiary alicyclic amines) is 1. The maximum Gasteiger partial charge on any atom is 0.313 e. The summed E-state index contributed by atoms with van der Waals surface area (Å²) in [6, 6.07) is 0. The van der Waals surface area contributed by atoms with E-state index in [4.69, 9.17) is 18.5 Å². The van der Waals surface area contributed by atoms with Gasteiger partial charge in [0.05, 0.1) is 46.5 Å². The van der Waals surface area contributed by atoms with E-state index in [1.54, 1.807) is 0 Å². The minimum atomic E-state index is -4.55. The van der Waals surface area contributed by atoms with Gasteiger partial charge in [0.2, 0.25) is 0 Å². The summed E-state index contributed by atoms with van der Waals surface area (Å²) in [5.74, 6) is -1.05. The molecule has 2 unspecified atom stereocenters. The average Bonchev–Trinajstić information content (AvgIpc) is 3.40. The predicted molar refractivity (Wildman–Crippen MR) is 174 cm³/mol. The van der Waals surface area contributed by atoms with Crippen LogP contribution >= 0.6 is 7.82 Å². The van der Waals surface area contributed by atoms with Crippen LogP contribution in [0.5, 0.6) is 0 Å². The fraction of sp³-hybridized carbons (Fsp3) is 0.941. The molecule has 1 saturated heterocycles. The molecule has 2 atom stereocenters. The summed E-state index contributed by atoms with van der Waals surface area (Å²) in [5, 5.41) is 0. The molecule has 44 heavy (non-hydrogen) atoms. The first-order valence-corrected chi connectivity index (χ1v) is 19.3. The number of hydrogen-bond donors (Lipinski definition) is 0. The lowest BCUT2D eigenvalue weighted by atomic mass is 10.0. The van der Waals surface area contributed by atoms with Gasteiger partial charge >= 0.3 is 5.97 Å². The summed E-state index contributed by atoms with van der Waals surface area (Å²) in [5.41, 5.74) is 0. The van der Waals surface area contributed by atoms with Crippen LogP contribution in [0.3, 0.4) is 0 Å². The van der Waals surface area contributed by atoms with Crippen LogP contribution in [0, 0.1) is 0 Å². The Morgan fingerprint density at radius 1 is 0.727 bits per heavy atom. The Morgan fingerprint density at radius 2 is 1.23 bits per heavy atom. The molecule has 0 saturated carbocycles. The van der Waals surface area contributed by atoms with Crippen LogP contribution in [0.25, 0.3) is 0 Å². The Labute approximate surface area is 269 Å². The number of quaternary nitrogens is 1. The maximum absolute atomic E-state index is 12.3. The summed E-state index contributed by atoms with van der Waals surface area (Å²) < 4.78 is 34.3. The van der Waals surface area contributed by atoms with Gasteiger partial charge in [0.15, 0.2) is 0 Å². The number of phosphoric ester groups is 1. The summed E-state index contributed by atoms with van der Waals surface area (Å²) >= 11 is 0. The normalized spacial score (nSPS) is 16.5. The van der Waals surface area contributed by atoms with Crippen LogP contribution in [-0.2, 0) is 32.7 Å². The quantitative estimate of drug-likeness (QED) is 0.0248. The SMILES string of the molecule is CCCCCCCCCCCCCCCCCCOCC(COP(=O)([O-])OCCCC[N+]1(C)CCCC1)OC(=O)CC(C)=O. The number of ketones is 1. The highest BCUT2D eigenvalue weighted by molar-refractivity contribution is 7.45. The van der Waals surface area contributed by atoms with E-state index in [2.05, 4.69) is 14.0 Å². The van der Waals surface area contributed by atoms with Gasteiger partial charge < -0.3 is 27.9 Å². The second-order valence-electron chi connectivity index (χ2n) is 13.1. The van der Waals surface area contributed by atoms with Gasteiger partial charge in [-0.3, -0.25) is 14.2 Å². The van der Waals surface area contributed by atoms with Gasteiger partial charge in [0.1, 0.15) is 18.3 Å². The van der Waals surface area contributed by atoms with Gasteiger partial charge in [-0.15, -0.1) is 0 Å². The highest BCUT2D eigenvalue weighted by Gasteiger charge is 2.26. The van der Waals surface area contributed by atoms with Crippen molar-refractivity contribution < 1.29 is 42.1 Å². The van der Waals surface area contributed by atoms with Gasteiger partial charge in [0, 0.05) is 19.4 Å². The fourth-order valence-electron chi connectivity index (χ4n) is 5.82. The van der Waals surface area contributed by atoms with Crippen LogP contribution in [0.4, 0.5) is 0 Å². The van der Waals surface area contributed by atoms with E-state index in [-0.39, 0.29) is 25.4 Å². The van der Waals surface area contributed by atoms with Crippen molar-refractivity contribution in [3.05, 3.63) is 0 Å². The van der Waals surface area contributed by atoms with E-state index in [0.29, 0.717) is 13.0 Å². The summed E-state index contributed by atoms with van der Waals surface area (Å²) in [6.07, 6.45) is 23.4. The zero-order valence-corrected chi connectivity index (χ0v) is 29.4. The van der Waals surface area contributed by atoms with Crippen molar-refractivity contribution in [2.75, 3.05) is 53.1 Å². The molecule has 0 radical (unpaired) electrons. The fourth-order valence-corrected chi connectivity index (χ4v) is 6.60. The van der Waals surface area contributed by atoms with Crippen molar-refractivity contribution in [3.8, 4) is 0 Å². The third-order valence-corrected chi connectivity index (χ3v) is 9.51. The van der Waals surface area contributed by atoms with Crippen molar-refractivity contribution in [2.45, 2.75) is 155 Å². The monoisotopic (exact) mass is 647 g/mol. The molecule has 1 aliphatic rings. The third kappa shape index (κ3) is 24.4. The van der Waals surface area contributed by atoms with Crippen molar-refractivity contribution in [2.24, 2.45) is 0 Å². The molecule has 1 fully saturated rings. The molecule has 0 aliphatic carbocycles. The molecule has 0 aromatic carbocycles. The van der Waals surface area contributed by atoms with Crippen molar-refractivity contribution in [3.63, 3.8) is 0 Å². The zero-order chi connectivity index (χ0) is 32.4. The first-order chi connectivity index (χ1) is 21.2. The highest BCUT2D eigenvalue weighted by atomic mass is 31.2. The summed E-state index contributed by atoms with van der Waals surface area (Å²) in [7, 11) is -2.31. The van der Waals surface area contributed by atoms with Crippen LogP contribution in [0.15, 0.2) is 0 Å². The topological polar surface area (TPSA) is 111 Å². The second-order valence-corrected chi connectivity index (χ2v) is 14.6. The number of unbranched alkanes of at least 4 members (excludes halogenated alkanes) is 16. The molecule has 10 heteroatoms. The van der Waals surface area contributed by atoms with Crippen molar-refractivity contribution in [1.82, 2.24) is 0 Å².